The number of benzene rings is 1. The minimum atomic E-state index is -0.175. The van der Waals surface area contributed by atoms with E-state index >= 15 is 0 Å². The van der Waals surface area contributed by atoms with Crippen molar-refractivity contribution >= 4 is 0 Å². The summed E-state index contributed by atoms with van der Waals surface area (Å²) in [5.74, 6) is 0.913. The molecular weight excluding hydrogens is 238 g/mol. The smallest absolute Gasteiger partial charge is 0.119 e. The highest BCUT2D eigenvalue weighted by atomic mass is 16.5. The fourth-order valence-corrected chi connectivity index (χ4v) is 2.91. The van der Waals surface area contributed by atoms with Gasteiger partial charge < -0.3 is 15.2 Å². The van der Waals surface area contributed by atoms with E-state index in [4.69, 9.17) is 15.2 Å². The normalized spacial score (nSPS) is 19.3. The maximum atomic E-state index is 6.43. The van der Waals surface area contributed by atoms with Crippen molar-refractivity contribution < 1.29 is 9.47 Å². The highest BCUT2D eigenvalue weighted by molar-refractivity contribution is 5.30. The zero-order chi connectivity index (χ0) is 13.7. The van der Waals surface area contributed by atoms with Gasteiger partial charge in [0.1, 0.15) is 5.75 Å². The summed E-state index contributed by atoms with van der Waals surface area (Å²) in [6.45, 7) is 2.86. The largest absolute Gasteiger partial charge is 0.494 e. The van der Waals surface area contributed by atoms with Crippen LogP contribution in [0.1, 0.15) is 50.6 Å². The third-order valence-corrected chi connectivity index (χ3v) is 4.14. The second-order valence-electron chi connectivity index (χ2n) is 5.37. The van der Waals surface area contributed by atoms with Crippen LogP contribution in [0.3, 0.4) is 0 Å². The first-order valence-electron chi connectivity index (χ1n) is 7.25. The Balaban J connectivity index is 2.08. The van der Waals surface area contributed by atoms with E-state index in [2.05, 4.69) is 19.1 Å². The molecular formula is C16H25NO2. The van der Waals surface area contributed by atoms with Gasteiger partial charge >= 0.3 is 0 Å². The molecule has 0 aliphatic heterocycles. The molecule has 1 fully saturated rings. The minimum Gasteiger partial charge on any atom is -0.494 e. The lowest BCUT2D eigenvalue weighted by molar-refractivity contribution is -0.0264. The van der Waals surface area contributed by atoms with Crippen LogP contribution in [-0.4, -0.2) is 19.3 Å². The van der Waals surface area contributed by atoms with Gasteiger partial charge in [0.15, 0.2) is 0 Å². The van der Waals surface area contributed by atoms with E-state index < -0.39 is 0 Å². The topological polar surface area (TPSA) is 44.5 Å². The molecule has 1 aliphatic rings. The van der Waals surface area contributed by atoms with E-state index in [1.807, 2.05) is 12.1 Å². The lowest BCUT2D eigenvalue weighted by Crippen LogP contribution is -2.40. The zero-order valence-electron chi connectivity index (χ0n) is 12.0. The number of methoxy groups -OCH3 is 1. The number of ether oxygens (including phenoxy) is 2. The summed E-state index contributed by atoms with van der Waals surface area (Å²) >= 11 is 0. The molecule has 0 amide bonds. The van der Waals surface area contributed by atoms with E-state index in [1.54, 1.807) is 7.11 Å². The van der Waals surface area contributed by atoms with Gasteiger partial charge in [0.05, 0.1) is 18.2 Å². The summed E-state index contributed by atoms with van der Waals surface area (Å²) in [5.41, 5.74) is 7.39. The van der Waals surface area contributed by atoms with E-state index in [1.165, 1.54) is 12.8 Å². The molecule has 106 valence electrons. The molecule has 0 radical (unpaired) electrons. The summed E-state index contributed by atoms with van der Waals surface area (Å²) in [6, 6.07) is 8.08. The Morgan fingerprint density at radius 3 is 2.37 bits per heavy atom. The number of rotatable bonds is 6. The molecule has 0 saturated heterocycles. The predicted octanol–water partition coefficient (Wildman–Crippen LogP) is 3.43. The Kier molecular flexibility index (Phi) is 4.83. The van der Waals surface area contributed by atoms with Gasteiger partial charge in [0, 0.05) is 7.11 Å². The van der Waals surface area contributed by atoms with Gasteiger partial charge in [-0.2, -0.15) is 0 Å². The van der Waals surface area contributed by atoms with E-state index in [-0.39, 0.29) is 11.6 Å². The summed E-state index contributed by atoms with van der Waals surface area (Å²) in [7, 11) is 1.78. The number of nitrogens with two attached hydrogens (primary N) is 1. The van der Waals surface area contributed by atoms with Crippen molar-refractivity contribution in [2.75, 3.05) is 13.7 Å². The van der Waals surface area contributed by atoms with Crippen molar-refractivity contribution in [2.24, 2.45) is 5.73 Å². The molecule has 0 aromatic heterocycles. The third-order valence-electron chi connectivity index (χ3n) is 4.14. The van der Waals surface area contributed by atoms with Crippen molar-refractivity contribution in [3.8, 4) is 5.75 Å². The summed E-state index contributed by atoms with van der Waals surface area (Å²) in [4.78, 5) is 0. The fraction of sp³-hybridized carbons (Fsp3) is 0.625. The molecule has 0 heterocycles. The van der Waals surface area contributed by atoms with E-state index in [9.17, 15) is 0 Å². The zero-order valence-corrected chi connectivity index (χ0v) is 12.0. The van der Waals surface area contributed by atoms with Crippen LogP contribution in [-0.2, 0) is 4.74 Å². The van der Waals surface area contributed by atoms with Crippen LogP contribution in [0.15, 0.2) is 24.3 Å². The molecule has 1 atom stereocenters. The second kappa shape index (κ2) is 6.40. The van der Waals surface area contributed by atoms with Crippen LogP contribution in [0.2, 0.25) is 0 Å². The Hall–Kier alpha value is -1.06. The summed E-state index contributed by atoms with van der Waals surface area (Å²) in [6.07, 6.45) is 5.55. The van der Waals surface area contributed by atoms with Gasteiger partial charge in [-0.1, -0.05) is 31.9 Å². The Labute approximate surface area is 116 Å². The fourth-order valence-electron chi connectivity index (χ4n) is 2.91. The van der Waals surface area contributed by atoms with Gasteiger partial charge in [-0.25, -0.2) is 0 Å². The molecule has 0 spiro atoms. The average Bonchev–Trinajstić information content (AvgIpc) is 2.95. The van der Waals surface area contributed by atoms with Crippen LogP contribution >= 0.6 is 0 Å². The van der Waals surface area contributed by atoms with Crippen LogP contribution in [0.4, 0.5) is 0 Å². The molecule has 19 heavy (non-hydrogen) atoms. The van der Waals surface area contributed by atoms with Crippen molar-refractivity contribution in [3.05, 3.63) is 29.8 Å². The van der Waals surface area contributed by atoms with Crippen molar-refractivity contribution in [1.82, 2.24) is 0 Å². The standard InChI is InChI=1S/C16H25NO2/c1-3-12-19-14-8-6-13(7-9-14)15(17)16(18-2)10-4-5-11-16/h6-9,15H,3-5,10-12,17H2,1-2H3. The Morgan fingerprint density at radius 2 is 1.84 bits per heavy atom. The molecule has 2 rings (SSSR count). The van der Waals surface area contributed by atoms with Crippen LogP contribution in [0.25, 0.3) is 0 Å². The first kappa shape index (κ1) is 14.4. The highest BCUT2D eigenvalue weighted by Gasteiger charge is 2.40. The summed E-state index contributed by atoms with van der Waals surface area (Å²) in [5, 5.41) is 0. The van der Waals surface area contributed by atoms with Gasteiger partial charge in [-0.3, -0.25) is 0 Å². The molecule has 3 heteroatoms. The van der Waals surface area contributed by atoms with E-state index in [0.717, 1.165) is 37.2 Å². The first-order chi connectivity index (χ1) is 9.22. The maximum absolute atomic E-state index is 6.43. The predicted molar refractivity (Wildman–Crippen MR) is 77.4 cm³/mol. The number of hydrogen-bond donors (Lipinski definition) is 1. The Morgan fingerprint density at radius 1 is 1.21 bits per heavy atom. The lowest BCUT2D eigenvalue weighted by atomic mass is 9.87. The third kappa shape index (κ3) is 3.10. The monoisotopic (exact) mass is 263 g/mol. The van der Waals surface area contributed by atoms with Crippen molar-refractivity contribution in [2.45, 2.75) is 50.7 Å². The van der Waals surface area contributed by atoms with E-state index in [0.29, 0.717) is 0 Å². The van der Waals surface area contributed by atoms with Crippen LogP contribution < -0.4 is 10.5 Å². The molecule has 1 unspecified atom stereocenters. The van der Waals surface area contributed by atoms with Gasteiger partial charge in [-0.05, 0) is 37.0 Å². The van der Waals surface area contributed by atoms with Crippen molar-refractivity contribution in [3.63, 3.8) is 0 Å². The highest BCUT2D eigenvalue weighted by Crippen LogP contribution is 2.41. The number of hydrogen-bond acceptors (Lipinski definition) is 3. The quantitative estimate of drug-likeness (QED) is 0.855. The molecule has 1 aliphatic carbocycles. The van der Waals surface area contributed by atoms with Crippen LogP contribution in [0, 0.1) is 0 Å². The van der Waals surface area contributed by atoms with Crippen molar-refractivity contribution in [1.29, 1.82) is 0 Å². The molecule has 2 N–H and O–H groups in total. The molecule has 0 bridgehead atoms. The molecule has 1 aromatic carbocycles. The van der Waals surface area contributed by atoms with Crippen LogP contribution in [0.5, 0.6) is 5.75 Å². The average molecular weight is 263 g/mol. The van der Waals surface area contributed by atoms with Gasteiger partial charge in [0.25, 0.3) is 0 Å². The maximum Gasteiger partial charge on any atom is 0.119 e. The Bertz CT molecular complexity index is 382. The first-order valence-corrected chi connectivity index (χ1v) is 7.25. The SMILES string of the molecule is CCCOc1ccc(C(N)C2(OC)CCCC2)cc1. The molecule has 3 nitrogen and oxygen atoms in total. The molecule has 1 aromatic rings. The summed E-state index contributed by atoms with van der Waals surface area (Å²) < 4.78 is 11.3. The minimum absolute atomic E-state index is 0.0553. The lowest BCUT2D eigenvalue weighted by Gasteiger charge is -2.34. The second-order valence-corrected chi connectivity index (χ2v) is 5.37. The van der Waals surface area contributed by atoms with Gasteiger partial charge in [-0.15, -0.1) is 0 Å². The van der Waals surface area contributed by atoms with Gasteiger partial charge in [0.2, 0.25) is 0 Å². The molecule has 1 saturated carbocycles.